The number of halogens is 13. The summed E-state index contributed by atoms with van der Waals surface area (Å²) < 4.78 is 142. The minimum atomic E-state index is -7.73. The highest BCUT2D eigenvalue weighted by Crippen LogP contribution is 2.57. The summed E-state index contributed by atoms with van der Waals surface area (Å²) in [7, 11) is 0. The normalized spacial score (nSPS) is 13.7. The number of carbonyl (C=O) groups excluding carboxylic acids is 2. The van der Waals surface area contributed by atoms with E-state index in [0.717, 1.165) is 30.3 Å². The number of rotatable bonds is 8. The third kappa shape index (κ3) is 4.97. The van der Waals surface area contributed by atoms with Gasteiger partial charge in [-0.05, 0) is 11.6 Å². The van der Waals surface area contributed by atoms with Crippen molar-refractivity contribution in [2.45, 2.75) is 36.3 Å². The molecule has 0 saturated heterocycles. The first-order valence-electron chi connectivity index (χ1n) is 7.47. The van der Waals surface area contributed by atoms with Gasteiger partial charge in [0.05, 0.1) is 6.42 Å². The van der Waals surface area contributed by atoms with Crippen molar-refractivity contribution in [3.63, 3.8) is 0 Å². The predicted octanol–water partition coefficient (Wildman–Crippen LogP) is 6.71. The highest BCUT2D eigenvalue weighted by molar-refractivity contribution is 6.57. The van der Waals surface area contributed by atoms with Crippen molar-refractivity contribution in [3.8, 4) is 0 Å². The fourth-order valence-corrected chi connectivity index (χ4v) is 2.25. The average Bonchev–Trinajstić information content (AvgIpc) is 2.60. The van der Waals surface area contributed by atoms with Crippen molar-refractivity contribution < 1.29 is 57.9 Å². The molecule has 0 amide bonds. The van der Waals surface area contributed by atoms with Crippen LogP contribution >= 0.6 is 23.2 Å². The quantitative estimate of drug-likeness (QED) is 0.221. The van der Waals surface area contributed by atoms with Crippen LogP contribution in [0.4, 0.5) is 48.3 Å². The molecule has 0 aromatic heterocycles. The van der Waals surface area contributed by atoms with Crippen LogP contribution in [-0.2, 0) is 4.79 Å². The molecule has 0 heterocycles. The Morgan fingerprint density at radius 1 is 0.742 bits per heavy atom. The average molecular weight is 511 g/mol. The van der Waals surface area contributed by atoms with Crippen LogP contribution < -0.4 is 0 Å². The largest absolute Gasteiger partial charge is 0.460 e. The molecular weight excluding hydrogens is 504 g/mol. The zero-order valence-corrected chi connectivity index (χ0v) is 15.8. The minimum Gasteiger partial charge on any atom is -0.294 e. The molecular formula is C16H7Cl2F11O2. The van der Waals surface area contributed by atoms with Crippen molar-refractivity contribution in [2.75, 3.05) is 0 Å². The summed E-state index contributed by atoms with van der Waals surface area (Å²) in [6, 6.07) is 3.90. The summed E-state index contributed by atoms with van der Waals surface area (Å²) >= 11 is 10.7. The zero-order chi connectivity index (χ0) is 24.6. The van der Waals surface area contributed by atoms with Crippen LogP contribution in [-0.4, -0.2) is 41.4 Å². The summed E-state index contributed by atoms with van der Waals surface area (Å²) in [6.45, 7) is 0. The first kappa shape index (κ1) is 27.1. The number of benzene rings is 1. The lowest BCUT2D eigenvalue weighted by molar-refractivity contribution is -0.416. The Morgan fingerprint density at radius 3 is 1.58 bits per heavy atom. The summed E-state index contributed by atoms with van der Waals surface area (Å²) in [5, 5.41) is 0. The van der Waals surface area contributed by atoms with Crippen LogP contribution in [0, 0.1) is 0 Å². The maximum atomic E-state index is 13.6. The van der Waals surface area contributed by atoms with E-state index in [1.54, 1.807) is 0 Å². The second-order valence-corrected chi connectivity index (χ2v) is 6.88. The van der Waals surface area contributed by atoms with Crippen LogP contribution in [0.2, 0.25) is 0 Å². The molecule has 0 N–H and O–H groups in total. The molecule has 0 aliphatic heterocycles. The zero-order valence-electron chi connectivity index (χ0n) is 14.3. The number of hydrogen-bond acceptors (Lipinski definition) is 2. The van der Waals surface area contributed by atoms with Gasteiger partial charge in [0.2, 0.25) is 5.78 Å². The SMILES string of the molecule is O=C(CC(=O)C(F)(F)C(F)(F)C(F)(F)C(F)(F)C(F)(F)F)c1ccc(C=C(Cl)Cl)cc1. The summed E-state index contributed by atoms with van der Waals surface area (Å²) in [5.41, 5.74) is -0.337. The lowest BCUT2D eigenvalue weighted by Gasteiger charge is -2.36. The molecule has 15 heteroatoms. The van der Waals surface area contributed by atoms with Crippen molar-refractivity contribution in [3.05, 3.63) is 39.9 Å². The van der Waals surface area contributed by atoms with E-state index in [-0.39, 0.29) is 10.1 Å². The van der Waals surface area contributed by atoms with Gasteiger partial charge >= 0.3 is 29.9 Å². The van der Waals surface area contributed by atoms with Crippen LogP contribution in [0.1, 0.15) is 22.3 Å². The van der Waals surface area contributed by atoms with Crippen molar-refractivity contribution in [1.29, 1.82) is 0 Å². The number of Topliss-reactive ketones (excluding diaryl/α,β-unsaturated/α-hetero) is 2. The molecule has 1 rings (SSSR count). The van der Waals surface area contributed by atoms with E-state index in [4.69, 9.17) is 23.2 Å². The van der Waals surface area contributed by atoms with Gasteiger partial charge in [-0.2, -0.15) is 48.3 Å². The molecule has 0 spiro atoms. The maximum absolute atomic E-state index is 13.6. The fraction of sp³-hybridized carbons (Fsp3) is 0.375. The van der Waals surface area contributed by atoms with Gasteiger partial charge in [-0.25, -0.2) is 0 Å². The molecule has 0 unspecified atom stereocenters. The molecule has 0 aliphatic carbocycles. The van der Waals surface area contributed by atoms with Crippen LogP contribution in [0.5, 0.6) is 0 Å². The van der Waals surface area contributed by atoms with Crippen molar-refractivity contribution in [1.82, 2.24) is 0 Å². The van der Waals surface area contributed by atoms with E-state index in [2.05, 4.69) is 0 Å². The van der Waals surface area contributed by atoms with Crippen LogP contribution in [0.3, 0.4) is 0 Å². The number of alkyl halides is 11. The van der Waals surface area contributed by atoms with E-state index in [0.29, 0.717) is 0 Å². The minimum absolute atomic E-state index is 0.243. The van der Waals surface area contributed by atoms with E-state index in [1.165, 1.54) is 0 Å². The van der Waals surface area contributed by atoms with E-state index in [9.17, 15) is 57.9 Å². The van der Waals surface area contributed by atoms with Gasteiger partial charge in [0, 0.05) is 5.56 Å². The summed E-state index contributed by atoms with van der Waals surface area (Å²) in [5.74, 6) is -34.5. The fourth-order valence-electron chi connectivity index (χ4n) is 2.00. The van der Waals surface area contributed by atoms with E-state index >= 15 is 0 Å². The Kier molecular flexibility index (Phi) is 7.50. The van der Waals surface area contributed by atoms with Gasteiger partial charge in [-0.3, -0.25) is 9.59 Å². The third-order valence-corrected chi connectivity index (χ3v) is 3.94. The standard InChI is InChI=1S/C16H7Cl2F11O2/c17-11(18)5-7-1-3-8(4-2-7)9(30)6-10(31)12(19,20)13(21,22)14(23,24)15(25,26)16(27,28)29/h1-5H,6H2. The van der Waals surface area contributed by atoms with Crippen LogP contribution in [0.15, 0.2) is 28.8 Å². The molecule has 0 saturated carbocycles. The van der Waals surface area contributed by atoms with Gasteiger partial charge < -0.3 is 0 Å². The number of carbonyl (C=O) groups is 2. The first-order valence-corrected chi connectivity index (χ1v) is 8.23. The Labute approximate surface area is 175 Å². The van der Waals surface area contributed by atoms with Gasteiger partial charge in [0.25, 0.3) is 0 Å². The lowest BCUT2D eigenvalue weighted by Crippen LogP contribution is -2.68. The maximum Gasteiger partial charge on any atom is 0.460 e. The highest BCUT2D eigenvalue weighted by atomic mass is 35.5. The van der Waals surface area contributed by atoms with Gasteiger partial charge in [-0.15, -0.1) is 0 Å². The second kappa shape index (κ2) is 8.57. The van der Waals surface area contributed by atoms with Gasteiger partial charge in [-0.1, -0.05) is 47.5 Å². The summed E-state index contributed by atoms with van der Waals surface area (Å²) in [4.78, 5) is 23.2. The van der Waals surface area contributed by atoms with Crippen LogP contribution in [0.25, 0.3) is 6.08 Å². The molecule has 0 aliphatic rings. The topological polar surface area (TPSA) is 34.1 Å². The third-order valence-electron chi connectivity index (χ3n) is 3.72. The molecule has 1 aromatic carbocycles. The molecule has 0 atom stereocenters. The molecule has 1 aromatic rings. The second-order valence-electron chi connectivity index (χ2n) is 5.87. The highest BCUT2D eigenvalue weighted by Gasteiger charge is 2.88. The van der Waals surface area contributed by atoms with Gasteiger partial charge in [0.1, 0.15) is 4.49 Å². The summed E-state index contributed by atoms with van der Waals surface area (Å²) in [6.07, 6.45) is -8.42. The van der Waals surface area contributed by atoms with Gasteiger partial charge in [0.15, 0.2) is 5.78 Å². The molecule has 0 radical (unpaired) electrons. The molecule has 174 valence electrons. The molecule has 31 heavy (non-hydrogen) atoms. The predicted molar refractivity (Wildman–Crippen MR) is 85.9 cm³/mol. The van der Waals surface area contributed by atoms with Crippen molar-refractivity contribution in [2.24, 2.45) is 0 Å². The Morgan fingerprint density at radius 2 is 1.19 bits per heavy atom. The Hall–Kier alpha value is -1.89. The van der Waals surface area contributed by atoms with E-state index in [1.807, 2.05) is 0 Å². The first-order chi connectivity index (χ1) is 13.7. The number of ketones is 2. The Balaban J connectivity index is 3.18. The lowest BCUT2D eigenvalue weighted by atomic mass is 9.92. The van der Waals surface area contributed by atoms with Crippen molar-refractivity contribution >= 4 is 40.8 Å². The monoisotopic (exact) mass is 510 g/mol. The molecule has 0 fully saturated rings. The number of hydrogen-bond donors (Lipinski definition) is 0. The smallest absolute Gasteiger partial charge is 0.294 e. The molecule has 0 bridgehead atoms. The van der Waals surface area contributed by atoms with E-state index < -0.39 is 53.4 Å². The molecule has 2 nitrogen and oxygen atoms in total. The Bertz CT molecular complexity index is 871.